The summed E-state index contributed by atoms with van der Waals surface area (Å²) in [5, 5.41) is 0.141. The minimum atomic E-state index is -1.87. The highest BCUT2D eigenvalue weighted by Crippen LogP contribution is 2.39. The van der Waals surface area contributed by atoms with Gasteiger partial charge in [0.25, 0.3) is 0 Å². The van der Waals surface area contributed by atoms with E-state index in [9.17, 15) is 4.79 Å². The van der Waals surface area contributed by atoms with Crippen molar-refractivity contribution in [2.75, 3.05) is 19.8 Å². The van der Waals surface area contributed by atoms with Gasteiger partial charge in [0.05, 0.1) is 25.0 Å². The van der Waals surface area contributed by atoms with Crippen LogP contribution in [-0.2, 0) is 25.3 Å². The summed E-state index contributed by atoms with van der Waals surface area (Å²) in [5.74, 6) is -0.155. The Morgan fingerprint density at radius 1 is 1.17 bits per heavy atom. The van der Waals surface area contributed by atoms with Crippen molar-refractivity contribution in [3.63, 3.8) is 0 Å². The molecule has 24 heavy (non-hydrogen) atoms. The van der Waals surface area contributed by atoms with Crippen molar-refractivity contribution >= 4 is 14.3 Å². The fraction of sp³-hybridized carbons (Fsp3) is 0.632. The second-order valence-corrected chi connectivity index (χ2v) is 13.2. The van der Waals surface area contributed by atoms with Gasteiger partial charge in [-0.3, -0.25) is 4.79 Å². The highest BCUT2D eigenvalue weighted by Gasteiger charge is 2.45. The quantitative estimate of drug-likeness (QED) is 0.547. The van der Waals surface area contributed by atoms with Gasteiger partial charge in [0, 0.05) is 6.61 Å². The van der Waals surface area contributed by atoms with E-state index in [2.05, 4.69) is 33.9 Å². The molecule has 1 atom stereocenters. The molecule has 4 nitrogen and oxygen atoms in total. The lowest BCUT2D eigenvalue weighted by molar-refractivity contribution is -0.137. The summed E-state index contributed by atoms with van der Waals surface area (Å²) in [6.45, 7) is 13.0. The van der Waals surface area contributed by atoms with Crippen LogP contribution in [0.15, 0.2) is 30.3 Å². The van der Waals surface area contributed by atoms with E-state index in [-0.39, 0.29) is 16.4 Å². The summed E-state index contributed by atoms with van der Waals surface area (Å²) in [7, 11) is -1.87. The molecule has 0 bridgehead atoms. The monoisotopic (exact) mass is 350 g/mol. The fourth-order valence-electron chi connectivity index (χ4n) is 2.38. The van der Waals surface area contributed by atoms with Gasteiger partial charge in [-0.25, -0.2) is 0 Å². The summed E-state index contributed by atoms with van der Waals surface area (Å²) in [6, 6.07) is 10.1. The maximum Gasteiger partial charge on any atom is 0.306 e. The molecule has 1 aliphatic heterocycles. The third-order valence-corrected chi connectivity index (χ3v) is 9.60. The standard InChI is InChI=1S/C19H30O4Si/c1-18(2,3)24(4,5)23-15-19(11-17(20)22-14-19)13-21-12-16-9-7-6-8-10-16/h6-10H,11-15H2,1-5H3. The number of carbonyl (C=O) groups excluding carboxylic acids is 1. The molecular weight excluding hydrogens is 320 g/mol. The zero-order valence-corrected chi connectivity index (χ0v) is 16.6. The lowest BCUT2D eigenvalue weighted by atomic mass is 9.89. The van der Waals surface area contributed by atoms with Gasteiger partial charge in [0.15, 0.2) is 8.32 Å². The maximum atomic E-state index is 11.7. The molecule has 1 aromatic carbocycles. The van der Waals surface area contributed by atoms with Crippen LogP contribution in [0, 0.1) is 5.41 Å². The molecule has 2 rings (SSSR count). The third-order valence-electron chi connectivity index (χ3n) is 5.12. The highest BCUT2D eigenvalue weighted by molar-refractivity contribution is 6.74. The molecule has 1 aromatic rings. The van der Waals surface area contributed by atoms with E-state index in [4.69, 9.17) is 13.9 Å². The fourth-order valence-corrected chi connectivity index (χ4v) is 3.48. The first-order chi connectivity index (χ1) is 11.1. The Labute approximate surface area is 146 Å². The Morgan fingerprint density at radius 3 is 2.38 bits per heavy atom. The number of cyclic esters (lactones) is 1. The molecule has 1 fully saturated rings. The summed E-state index contributed by atoms with van der Waals surface area (Å²) in [6.07, 6.45) is 0.371. The largest absolute Gasteiger partial charge is 0.465 e. The smallest absolute Gasteiger partial charge is 0.306 e. The van der Waals surface area contributed by atoms with Crippen molar-refractivity contribution in [3.8, 4) is 0 Å². The number of esters is 1. The molecule has 0 amide bonds. The first kappa shape index (κ1) is 19.2. The van der Waals surface area contributed by atoms with Crippen molar-refractivity contribution < 1.29 is 18.7 Å². The summed E-state index contributed by atoms with van der Waals surface area (Å²) in [4.78, 5) is 11.7. The first-order valence-electron chi connectivity index (χ1n) is 8.55. The zero-order chi connectivity index (χ0) is 17.8. The molecule has 1 unspecified atom stereocenters. The third kappa shape index (κ3) is 4.91. The molecule has 5 heteroatoms. The van der Waals surface area contributed by atoms with Crippen molar-refractivity contribution in [2.45, 2.75) is 51.9 Å². The van der Waals surface area contributed by atoms with Crippen LogP contribution in [0.5, 0.6) is 0 Å². The Bertz CT molecular complexity index is 550. The lowest BCUT2D eigenvalue weighted by Gasteiger charge is -2.39. The maximum absolute atomic E-state index is 11.7. The van der Waals surface area contributed by atoms with Gasteiger partial charge in [-0.05, 0) is 23.7 Å². The number of ether oxygens (including phenoxy) is 2. The van der Waals surface area contributed by atoms with Crippen molar-refractivity contribution in [1.29, 1.82) is 0 Å². The van der Waals surface area contributed by atoms with E-state index in [1.807, 2.05) is 30.3 Å². The molecular formula is C19H30O4Si. The Morgan fingerprint density at radius 2 is 1.83 bits per heavy atom. The van der Waals surface area contributed by atoms with Crippen molar-refractivity contribution in [3.05, 3.63) is 35.9 Å². The summed E-state index contributed by atoms with van der Waals surface area (Å²) in [5.41, 5.74) is 0.768. The molecule has 1 aliphatic rings. The van der Waals surface area contributed by atoms with Crippen LogP contribution in [0.4, 0.5) is 0 Å². The average molecular weight is 351 g/mol. The molecule has 0 aromatic heterocycles. The van der Waals surface area contributed by atoms with Crippen LogP contribution in [0.2, 0.25) is 18.1 Å². The van der Waals surface area contributed by atoms with Gasteiger partial charge in [0.2, 0.25) is 0 Å². The van der Waals surface area contributed by atoms with E-state index < -0.39 is 8.32 Å². The normalized spacial score (nSPS) is 21.8. The van der Waals surface area contributed by atoms with Gasteiger partial charge < -0.3 is 13.9 Å². The van der Waals surface area contributed by atoms with Crippen LogP contribution in [-0.4, -0.2) is 34.1 Å². The average Bonchev–Trinajstić information content (AvgIpc) is 2.87. The first-order valence-corrected chi connectivity index (χ1v) is 11.5. The molecule has 1 heterocycles. The van der Waals surface area contributed by atoms with Crippen molar-refractivity contribution in [1.82, 2.24) is 0 Å². The lowest BCUT2D eigenvalue weighted by Crippen LogP contribution is -2.45. The van der Waals surface area contributed by atoms with Crippen LogP contribution in [0.25, 0.3) is 0 Å². The van der Waals surface area contributed by atoms with E-state index >= 15 is 0 Å². The Hall–Kier alpha value is -1.17. The topological polar surface area (TPSA) is 44.8 Å². The molecule has 0 radical (unpaired) electrons. The summed E-state index contributed by atoms with van der Waals surface area (Å²) < 4.78 is 17.5. The van der Waals surface area contributed by atoms with Gasteiger partial charge in [-0.1, -0.05) is 51.1 Å². The number of hydrogen-bond acceptors (Lipinski definition) is 4. The van der Waals surface area contributed by atoms with E-state index in [1.54, 1.807) is 0 Å². The molecule has 0 saturated carbocycles. The van der Waals surface area contributed by atoms with E-state index in [1.165, 1.54) is 0 Å². The molecule has 1 saturated heterocycles. The van der Waals surface area contributed by atoms with E-state index in [0.29, 0.717) is 32.8 Å². The Kier molecular flexibility index (Phi) is 5.89. The van der Waals surface area contributed by atoms with Gasteiger partial charge in [-0.15, -0.1) is 0 Å². The Balaban J connectivity index is 1.95. The van der Waals surface area contributed by atoms with Crippen LogP contribution >= 0.6 is 0 Å². The summed E-state index contributed by atoms with van der Waals surface area (Å²) >= 11 is 0. The predicted octanol–water partition coefficient (Wildman–Crippen LogP) is 4.16. The van der Waals surface area contributed by atoms with Crippen molar-refractivity contribution in [2.24, 2.45) is 5.41 Å². The minimum absolute atomic E-state index is 0.141. The van der Waals surface area contributed by atoms with Crippen LogP contribution in [0.1, 0.15) is 32.8 Å². The van der Waals surface area contributed by atoms with E-state index in [0.717, 1.165) is 5.56 Å². The molecule has 0 N–H and O–H groups in total. The predicted molar refractivity (Wildman–Crippen MR) is 97.3 cm³/mol. The number of benzene rings is 1. The molecule has 134 valence electrons. The minimum Gasteiger partial charge on any atom is -0.465 e. The van der Waals surface area contributed by atoms with Crippen LogP contribution < -0.4 is 0 Å². The van der Waals surface area contributed by atoms with Crippen LogP contribution in [0.3, 0.4) is 0 Å². The van der Waals surface area contributed by atoms with Gasteiger partial charge >= 0.3 is 5.97 Å². The number of rotatable bonds is 7. The second-order valence-electron chi connectivity index (χ2n) is 8.36. The highest BCUT2D eigenvalue weighted by atomic mass is 28.4. The zero-order valence-electron chi connectivity index (χ0n) is 15.6. The second kappa shape index (κ2) is 7.38. The number of carbonyl (C=O) groups is 1. The molecule has 0 aliphatic carbocycles. The van der Waals surface area contributed by atoms with Gasteiger partial charge in [-0.2, -0.15) is 0 Å². The molecule has 0 spiro atoms. The van der Waals surface area contributed by atoms with Gasteiger partial charge in [0.1, 0.15) is 6.61 Å². The number of hydrogen-bond donors (Lipinski definition) is 0. The SMILES string of the molecule is CC(C)(C)[Si](C)(C)OCC1(COCc2ccccc2)COC(=O)C1.